The first-order valence-electron chi connectivity index (χ1n) is 9.45. The van der Waals surface area contributed by atoms with E-state index in [0.29, 0.717) is 5.56 Å². The number of nitriles is 1. The summed E-state index contributed by atoms with van der Waals surface area (Å²) in [6, 6.07) is 32.9. The molecule has 5 aromatic rings. The molecule has 29 heavy (non-hydrogen) atoms. The highest BCUT2D eigenvalue weighted by atomic mass is 15.0. The van der Waals surface area contributed by atoms with Crippen molar-refractivity contribution in [1.29, 1.82) is 5.26 Å². The quantitative estimate of drug-likeness (QED) is 0.377. The number of hydrogen-bond donors (Lipinski definition) is 0. The third kappa shape index (κ3) is 3.18. The van der Waals surface area contributed by atoms with Gasteiger partial charge in [0.15, 0.2) is 0 Å². The Balaban J connectivity index is 1.49. The van der Waals surface area contributed by atoms with Crippen LogP contribution in [0.5, 0.6) is 0 Å². The van der Waals surface area contributed by atoms with Gasteiger partial charge >= 0.3 is 0 Å². The van der Waals surface area contributed by atoms with Gasteiger partial charge in [0.25, 0.3) is 0 Å². The van der Waals surface area contributed by atoms with E-state index in [9.17, 15) is 0 Å². The minimum Gasteiger partial charge on any atom is -0.317 e. The highest BCUT2D eigenvalue weighted by molar-refractivity contribution is 5.87. The van der Waals surface area contributed by atoms with Gasteiger partial charge in [0.05, 0.1) is 22.8 Å². The van der Waals surface area contributed by atoms with Gasteiger partial charge < -0.3 is 4.57 Å². The zero-order valence-corrected chi connectivity index (χ0v) is 15.7. The molecule has 5 rings (SSSR count). The van der Waals surface area contributed by atoms with E-state index in [4.69, 9.17) is 5.26 Å². The molecule has 0 radical (unpaired) electrons. The fourth-order valence-electron chi connectivity index (χ4n) is 3.61. The van der Waals surface area contributed by atoms with Crippen molar-refractivity contribution >= 4 is 10.9 Å². The third-order valence-corrected chi connectivity index (χ3v) is 5.14. The Morgan fingerprint density at radius 2 is 1.48 bits per heavy atom. The van der Waals surface area contributed by atoms with Crippen LogP contribution in [0.2, 0.25) is 0 Å². The second-order valence-electron chi connectivity index (χ2n) is 6.91. The van der Waals surface area contributed by atoms with E-state index in [1.165, 1.54) is 5.39 Å². The van der Waals surface area contributed by atoms with Crippen LogP contribution in [0.4, 0.5) is 0 Å². The number of rotatable bonds is 3. The number of nitrogens with zero attached hydrogens (tertiary/aromatic N) is 3. The van der Waals surface area contributed by atoms with Gasteiger partial charge in [-0.3, -0.25) is 4.98 Å². The molecule has 3 aromatic carbocycles. The van der Waals surface area contributed by atoms with Crippen molar-refractivity contribution in [2.45, 2.75) is 0 Å². The Morgan fingerprint density at radius 1 is 0.724 bits per heavy atom. The molecule has 0 N–H and O–H groups in total. The molecular formula is C26H17N3. The van der Waals surface area contributed by atoms with Crippen molar-refractivity contribution in [2.24, 2.45) is 0 Å². The molecule has 2 heterocycles. The van der Waals surface area contributed by atoms with Gasteiger partial charge in [-0.1, -0.05) is 36.4 Å². The van der Waals surface area contributed by atoms with Crippen molar-refractivity contribution in [3.05, 3.63) is 109 Å². The van der Waals surface area contributed by atoms with E-state index in [2.05, 4.69) is 70.3 Å². The molecule has 3 nitrogen and oxygen atoms in total. The average Bonchev–Trinajstić information content (AvgIpc) is 3.23. The molecule has 3 heteroatoms. The van der Waals surface area contributed by atoms with Gasteiger partial charge in [-0.25, -0.2) is 0 Å². The van der Waals surface area contributed by atoms with Crippen LogP contribution in [0.1, 0.15) is 5.56 Å². The number of pyridine rings is 1. The van der Waals surface area contributed by atoms with Gasteiger partial charge in [-0.05, 0) is 65.7 Å². The molecule has 2 aromatic heterocycles. The summed E-state index contributed by atoms with van der Waals surface area (Å²) in [7, 11) is 0. The van der Waals surface area contributed by atoms with E-state index in [1.54, 1.807) is 0 Å². The lowest BCUT2D eigenvalue weighted by Gasteiger charge is -2.08. The maximum Gasteiger partial charge on any atom is 0.0991 e. The van der Waals surface area contributed by atoms with E-state index >= 15 is 0 Å². The van der Waals surface area contributed by atoms with Crippen LogP contribution in [0.25, 0.3) is 39.0 Å². The molecule has 0 saturated carbocycles. The molecule has 0 aliphatic heterocycles. The summed E-state index contributed by atoms with van der Waals surface area (Å²) in [5.74, 6) is 0. The predicted molar refractivity (Wildman–Crippen MR) is 117 cm³/mol. The first-order chi connectivity index (χ1) is 14.3. The summed E-state index contributed by atoms with van der Waals surface area (Å²) < 4.78 is 2.19. The Kier molecular flexibility index (Phi) is 4.16. The lowest BCUT2D eigenvalue weighted by atomic mass is 10.0. The topological polar surface area (TPSA) is 41.6 Å². The fraction of sp³-hybridized carbons (Fsp3) is 0. The molecule has 0 bridgehead atoms. The zero-order valence-electron chi connectivity index (χ0n) is 15.7. The summed E-state index contributed by atoms with van der Waals surface area (Å²) in [5.41, 5.74) is 7.29. The minimum atomic E-state index is 0.676. The molecule has 0 spiro atoms. The molecule has 0 aliphatic carbocycles. The Hall–Kier alpha value is -4.16. The average molecular weight is 371 g/mol. The summed E-state index contributed by atoms with van der Waals surface area (Å²) in [4.78, 5) is 4.42. The molecule has 0 atom stereocenters. The summed E-state index contributed by atoms with van der Waals surface area (Å²) in [6.07, 6.45) is 3.91. The zero-order chi connectivity index (χ0) is 19.6. The largest absolute Gasteiger partial charge is 0.317 e. The second kappa shape index (κ2) is 7.10. The molecule has 0 unspecified atom stereocenters. The number of aromatic nitrogens is 2. The van der Waals surface area contributed by atoms with E-state index < -0.39 is 0 Å². The Morgan fingerprint density at radius 3 is 2.21 bits per heavy atom. The Bertz CT molecular complexity index is 1320. The van der Waals surface area contributed by atoms with E-state index in [-0.39, 0.29) is 0 Å². The summed E-state index contributed by atoms with van der Waals surface area (Å²) in [5, 5.41) is 10.2. The monoisotopic (exact) mass is 371 g/mol. The van der Waals surface area contributed by atoms with Crippen molar-refractivity contribution < 1.29 is 0 Å². The van der Waals surface area contributed by atoms with Gasteiger partial charge in [0.1, 0.15) is 0 Å². The number of benzene rings is 3. The third-order valence-electron chi connectivity index (χ3n) is 5.14. The van der Waals surface area contributed by atoms with Crippen LogP contribution >= 0.6 is 0 Å². The number of hydrogen-bond acceptors (Lipinski definition) is 2. The highest BCUT2D eigenvalue weighted by Gasteiger charge is 2.07. The van der Waals surface area contributed by atoms with Crippen molar-refractivity contribution in [1.82, 2.24) is 9.55 Å². The van der Waals surface area contributed by atoms with Crippen LogP contribution in [-0.4, -0.2) is 9.55 Å². The normalized spacial score (nSPS) is 10.7. The highest BCUT2D eigenvalue weighted by Crippen LogP contribution is 2.28. The Labute approximate surface area is 169 Å². The number of fused-ring (bicyclic) bond motifs is 1. The van der Waals surface area contributed by atoms with Crippen LogP contribution in [0.15, 0.2) is 103 Å². The minimum absolute atomic E-state index is 0.676. The van der Waals surface area contributed by atoms with Crippen molar-refractivity contribution in [2.75, 3.05) is 0 Å². The SMILES string of the molecule is N#Cc1ccc(-c2ccc3c(ccn3-c3ccc(-c4ccccn4)cc3)c2)cc1. The first kappa shape index (κ1) is 17.0. The molecule has 0 aliphatic rings. The van der Waals surface area contributed by atoms with Crippen LogP contribution < -0.4 is 0 Å². The van der Waals surface area contributed by atoms with Crippen LogP contribution in [0, 0.1) is 11.3 Å². The standard InChI is InChI=1S/C26H17N3/c27-18-19-4-6-20(7-5-19)22-10-13-26-23(17-22)14-16-29(26)24-11-8-21(9-12-24)25-3-1-2-15-28-25/h1-17H. The maximum absolute atomic E-state index is 8.98. The van der Waals surface area contributed by atoms with Crippen molar-refractivity contribution in [3.63, 3.8) is 0 Å². The second-order valence-corrected chi connectivity index (χ2v) is 6.91. The van der Waals surface area contributed by atoms with Crippen LogP contribution in [-0.2, 0) is 0 Å². The molecular weight excluding hydrogens is 354 g/mol. The fourth-order valence-corrected chi connectivity index (χ4v) is 3.61. The van der Waals surface area contributed by atoms with E-state index in [1.807, 2.05) is 48.7 Å². The predicted octanol–water partition coefficient (Wildman–Crippen LogP) is 6.23. The summed E-state index contributed by atoms with van der Waals surface area (Å²) in [6.45, 7) is 0. The molecule has 0 saturated heterocycles. The lowest BCUT2D eigenvalue weighted by molar-refractivity contribution is 1.13. The summed E-state index contributed by atoms with van der Waals surface area (Å²) >= 11 is 0. The van der Waals surface area contributed by atoms with Crippen LogP contribution in [0.3, 0.4) is 0 Å². The van der Waals surface area contributed by atoms with Gasteiger partial charge in [0.2, 0.25) is 0 Å². The molecule has 0 amide bonds. The van der Waals surface area contributed by atoms with Crippen molar-refractivity contribution in [3.8, 4) is 34.1 Å². The lowest BCUT2D eigenvalue weighted by Crippen LogP contribution is -1.92. The van der Waals surface area contributed by atoms with Gasteiger partial charge in [-0.15, -0.1) is 0 Å². The van der Waals surface area contributed by atoms with E-state index in [0.717, 1.165) is 33.6 Å². The first-order valence-corrected chi connectivity index (χ1v) is 9.45. The van der Waals surface area contributed by atoms with Gasteiger partial charge in [-0.2, -0.15) is 5.26 Å². The van der Waals surface area contributed by atoms with Gasteiger partial charge in [0, 0.05) is 29.0 Å². The maximum atomic E-state index is 8.98. The molecule has 136 valence electrons. The molecule has 0 fully saturated rings. The smallest absolute Gasteiger partial charge is 0.0991 e.